The number of benzene rings is 1. The number of hydrogen-bond donors (Lipinski definition) is 0. The van der Waals surface area contributed by atoms with Gasteiger partial charge in [-0.15, -0.1) is 0 Å². The lowest BCUT2D eigenvalue weighted by Crippen LogP contribution is -2.26. The highest BCUT2D eigenvalue weighted by Crippen LogP contribution is 2.17. The Morgan fingerprint density at radius 1 is 1.10 bits per heavy atom. The average Bonchev–Trinajstić information content (AvgIpc) is 2.70. The summed E-state index contributed by atoms with van der Waals surface area (Å²) in [5.41, 5.74) is 4.62. The van der Waals surface area contributed by atoms with Crippen molar-refractivity contribution in [2.45, 2.75) is 19.4 Å². The Bertz CT molecular complexity index is 616. The molecule has 0 saturated heterocycles. The fourth-order valence-corrected chi connectivity index (χ4v) is 2.76. The third kappa shape index (κ3) is 2.87. The van der Waals surface area contributed by atoms with Gasteiger partial charge in [0.05, 0.1) is 0 Å². The molecule has 1 aromatic heterocycles. The van der Waals surface area contributed by atoms with Crippen LogP contribution in [-0.4, -0.2) is 23.0 Å². The van der Waals surface area contributed by atoms with Crippen LogP contribution >= 0.6 is 0 Å². The van der Waals surface area contributed by atoms with Gasteiger partial charge >= 0.3 is 0 Å². The molecule has 3 nitrogen and oxygen atoms in total. The molecule has 0 aliphatic carbocycles. The highest BCUT2D eigenvalue weighted by Gasteiger charge is 2.13. The zero-order chi connectivity index (χ0) is 13.8. The number of nitriles is 1. The number of rotatable bonds is 2. The van der Waals surface area contributed by atoms with E-state index in [0.29, 0.717) is 5.69 Å². The summed E-state index contributed by atoms with van der Waals surface area (Å²) in [6.07, 6.45) is 3.93. The maximum Gasteiger partial charge on any atom is 0.140 e. The second-order valence-corrected chi connectivity index (χ2v) is 5.21. The third-order valence-electron chi connectivity index (χ3n) is 3.86. The van der Waals surface area contributed by atoms with Gasteiger partial charge in [-0.3, -0.25) is 4.90 Å². The van der Waals surface area contributed by atoms with Crippen molar-refractivity contribution in [1.29, 1.82) is 5.26 Å². The summed E-state index contributed by atoms with van der Waals surface area (Å²) in [6, 6.07) is 14.7. The van der Waals surface area contributed by atoms with Gasteiger partial charge in [0.2, 0.25) is 0 Å². The van der Waals surface area contributed by atoms with Gasteiger partial charge in [0, 0.05) is 25.8 Å². The predicted octanol–water partition coefficient (Wildman–Crippen LogP) is 2.55. The second kappa shape index (κ2) is 5.85. The molecular weight excluding hydrogens is 246 g/mol. The minimum atomic E-state index is 0.501. The molecule has 0 atom stereocenters. The van der Waals surface area contributed by atoms with Crippen LogP contribution in [0.3, 0.4) is 0 Å². The summed E-state index contributed by atoms with van der Waals surface area (Å²) in [6.45, 7) is 3.04. The van der Waals surface area contributed by atoms with Crippen LogP contribution < -0.4 is 0 Å². The Morgan fingerprint density at radius 3 is 2.45 bits per heavy atom. The summed E-state index contributed by atoms with van der Waals surface area (Å²) >= 11 is 0. The number of pyridine rings is 1. The minimum absolute atomic E-state index is 0.501. The monoisotopic (exact) mass is 263 g/mol. The zero-order valence-electron chi connectivity index (χ0n) is 11.4. The van der Waals surface area contributed by atoms with Crippen molar-refractivity contribution in [3.63, 3.8) is 0 Å². The molecule has 3 rings (SSSR count). The van der Waals surface area contributed by atoms with Crippen molar-refractivity contribution in [2.24, 2.45) is 0 Å². The Morgan fingerprint density at radius 2 is 1.80 bits per heavy atom. The molecule has 20 heavy (non-hydrogen) atoms. The molecule has 0 bridgehead atoms. The molecule has 1 aromatic carbocycles. The van der Waals surface area contributed by atoms with E-state index in [9.17, 15) is 0 Å². The molecule has 0 radical (unpaired) electrons. The molecule has 2 aromatic rings. The fourth-order valence-electron chi connectivity index (χ4n) is 2.76. The fraction of sp³-hybridized carbons (Fsp3) is 0.294. The van der Waals surface area contributed by atoms with Gasteiger partial charge in [-0.25, -0.2) is 4.98 Å². The van der Waals surface area contributed by atoms with E-state index < -0.39 is 0 Å². The van der Waals surface area contributed by atoms with Gasteiger partial charge in [0.15, 0.2) is 0 Å². The lowest BCUT2D eigenvalue weighted by Gasteiger charge is -2.19. The van der Waals surface area contributed by atoms with E-state index in [1.165, 1.54) is 16.7 Å². The molecule has 3 heteroatoms. The van der Waals surface area contributed by atoms with Crippen molar-refractivity contribution in [3.05, 3.63) is 65.0 Å². The summed E-state index contributed by atoms with van der Waals surface area (Å²) in [4.78, 5) is 6.48. The minimum Gasteiger partial charge on any atom is -0.298 e. The molecule has 0 amide bonds. The van der Waals surface area contributed by atoms with Gasteiger partial charge in [0.1, 0.15) is 11.8 Å². The lowest BCUT2D eigenvalue weighted by atomic mass is 10.0. The van der Waals surface area contributed by atoms with Crippen molar-refractivity contribution in [2.75, 3.05) is 13.1 Å². The standard InChI is InChI=1S/C17H17N3/c18-12-17-11-14(5-8-19-17)13-20-9-6-15-3-1-2-4-16(15)7-10-20/h1-5,8,11H,6-7,9-10,13H2. The van der Waals surface area contributed by atoms with Gasteiger partial charge in [0.25, 0.3) is 0 Å². The largest absolute Gasteiger partial charge is 0.298 e. The Hall–Kier alpha value is -2.18. The quantitative estimate of drug-likeness (QED) is 0.836. The van der Waals surface area contributed by atoms with E-state index in [4.69, 9.17) is 5.26 Å². The van der Waals surface area contributed by atoms with Crippen LogP contribution in [0.2, 0.25) is 0 Å². The number of nitrogens with zero attached hydrogens (tertiary/aromatic N) is 3. The first-order chi connectivity index (χ1) is 9.85. The topological polar surface area (TPSA) is 39.9 Å². The van der Waals surface area contributed by atoms with Crippen LogP contribution in [0.1, 0.15) is 22.4 Å². The van der Waals surface area contributed by atoms with Crippen molar-refractivity contribution < 1.29 is 0 Å². The predicted molar refractivity (Wildman–Crippen MR) is 78.1 cm³/mol. The van der Waals surface area contributed by atoms with Crippen LogP contribution in [0, 0.1) is 11.3 Å². The van der Waals surface area contributed by atoms with Gasteiger partial charge in [-0.1, -0.05) is 24.3 Å². The zero-order valence-corrected chi connectivity index (χ0v) is 11.4. The first-order valence-electron chi connectivity index (χ1n) is 6.99. The first kappa shape index (κ1) is 12.8. The highest BCUT2D eigenvalue weighted by atomic mass is 15.1. The lowest BCUT2D eigenvalue weighted by molar-refractivity contribution is 0.279. The van der Waals surface area contributed by atoms with E-state index in [2.05, 4.69) is 40.2 Å². The van der Waals surface area contributed by atoms with Crippen molar-refractivity contribution in [1.82, 2.24) is 9.88 Å². The maximum absolute atomic E-state index is 8.91. The average molecular weight is 263 g/mol. The van der Waals surface area contributed by atoms with Crippen LogP contribution in [-0.2, 0) is 19.4 Å². The van der Waals surface area contributed by atoms with Crippen LogP contribution in [0.15, 0.2) is 42.6 Å². The van der Waals surface area contributed by atoms with Gasteiger partial charge in [-0.05, 0) is 41.7 Å². The summed E-state index contributed by atoms with van der Waals surface area (Å²) in [5, 5.41) is 8.91. The third-order valence-corrected chi connectivity index (χ3v) is 3.86. The van der Waals surface area contributed by atoms with Crippen molar-refractivity contribution >= 4 is 0 Å². The smallest absolute Gasteiger partial charge is 0.140 e. The van der Waals surface area contributed by atoms with Crippen LogP contribution in [0.5, 0.6) is 0 Å². The van der Waals surface area contributed by atoms with Gasteiger partial charge < -0.3 is 0 Å². The molecule has 100 valence electrons. The van der Waals surface area contributed by atoms with E-state index in [0.717, 1.165) is 32.5 Å². The Labute approximate surface area is 119 Å². The maximum atomic E-state index is 8.91. The number of hydrogen-bond acceptors (Lipinski definition) is 3. The number of fused-ring (bicyclic) bond motifs is 1. The molecule has 0 N–H and O–H groups in total. The highest BCUT2D eigenvalue weighted by molar-refractivity contribution is 5.29. The van der Waals surface area contributed by atoms with E-state index in [-0.39, 0.29) is 0 Å². The van der Waals surface area contributed by atoms with Crippen molar-refractivity contribution in [3.8, 4) is 6.07 Å². The van der Waals surface area contributed by atoms with E-state index in [1.54, 1.807) is 6.20 Å². The molecule has 1 aliphatic heterocycles. The molecule has 1 aliphatic rings. The molecular formula is C17H17N3. The first-order valence-corrected chi connectivity index (χ1v) is 6.99. The number of aromatic nitrogens is 1. The second-order valence-electron chi connectivity index (χ2n) is 5.21. The van der Waals surface area contributed by atoms with Crippen LogP contribution in [0.4, 0.5) is 0 Å². The Balaban J connectivity index is 1.70. The van der Waals surface area contributed by atoms with E-state index >= 15 is 0 Å². The Kier molecular flexibility index (Phi) is 3.76. The SMILES string of the molecule is N#Cc1cc(CN2CCc3ccccc3CC2)ccn1. The van der Waals surface area contributed by atoms with Gasteiger partial charge in [-0.2, -0.15) is 5.26 Å². The molecule has 0 spiro atoms. The van der Waals surface area contributed by atoms with Crippen LogP contribution in [0.25, 0.3) is 0 Å². The summed E-state index contributed by atoms with van der Waals surface area (Å²) < 4.78 is 0. The molecule has 0 unspecified atom stereocenters. The molecule has 2 heterocycles. The summed E-state index contributed by atoms with van der Waals surface area (Å²) in [5.74, 6) is 0. The molecule has 0 saturated carbocycles. The molecule has 0 fully saturated rings. The van der Waals surface area contributed by atoms with E-state index in [1.807, 2.05) is 12.1 Å². The summed E-state index contributed by atoms with van der Waals surface area (Å²) in [7, 11) is 0. The normalized spacial score (nSPS) is 15.2.